The van der Waals surface area contributed by atoms with Crippen LogP contribution in [0, 0.1) is 0 Å². The second kappa shape index (κ2) is 12.1. The lowest BCUT2D eigenvalue weighted by Crippen LogP contribution is -2.37. The second-order valence-corrected chi connectivity index (χ2v) is 11.5. The van der Waals surface area contributed by atoms with Crippen molar-refractivity contribution in [3.05, 3.63) is 101 Å². The summed E-state index contributed by atoms with van der Waals surface area (Å²) in [5.41, 5.74) is 3.36. The maximum Gasteiger partial charge on any atom is 0.269 e. The Balaban J connectivity index is 1.82. The van der Waals surface area contributed by atoms with Crippen LogP contribution >= 0.6 is 0 Å². The highest BCUT2D eigenvalue weighted by molar-refractivity contribution is 5.93. The van der Waals surface area contributed by atoms with Crippen LogP contribution in [0.3, 0.4) is 0 Å². The van der Waals surface area contributed by atoms with E-state index in [4.69, 9.17) is 0 Å². The van der Waals surface area contributed by atoms with Gasteiger partial charge < -0.3 is 15.3 Å². The van der Waals surface area contributed by atoms with Crippen molar-refractivity contribution in [3.8, 4) is 5.75 Å². The van der Waals surface area contributed by atoms with Crippen molar-refractivity contribution in [3.63, 3.8) is 0 Å². The molecule has 2 amide bonds. The van der Waals surface area contributed by atoms with Crippen LogP contribution < -0.4 is 5.32 Å². The molecule has 0 fully saturated rings. The summed E-state index contributed by atoms with van der Waals surface area (Å²) < 4.78 is 0. The van der Waals surface area contributed by atoms with Crippen LogP contribution in [-0.4, -0.2) is 39.9 Å². The molecule has 0 unspecified atom stereocenters. The minimum absolute atomic E-state index is 0.163. The van der Waals surface area contributed by atoms with E-state index in [1.165, 1.54) is 0 Å². The van der Waals surface area contributed by atoms with Crippen molar-refractivity contribution in [1.82, 2.24) is 15.2 Å². The maximum absolute atomic E-state index is 13.4. The molecule has 1 aromatic heterocycles. The molecule has 2 aromatic carbocycles. The fourth-order valence-corrected chi connectivity index (χ4v) is 4.13. The number of hydrogen-bond donors (Lipinski definition) is 2. The standard InChI is InChI=1S/C32H39N3O3/c1-31(2,3)25-20-24(21-26(29(25)37)32(4,5)6)15-16-28(36)35(22-23-12-8-7-9-13-23)19-18-34-30(38)27-14-10-11-17-33-27/h7-17,20-21,37H,18-19,22H2,1-6H3,(H,34,38)/b16-15+. The van der Waals surface area contributed by atoms with Gasteiger partial charge in [0.25, 0.3) is 5.91 Å². The Morgan fingerprint density at radius 2 is 1.53 bits per heavy atom. The lowest BCUT2D eigenvalue weighted by Gasteiger charge is -2.28. The fraction of sp³-hybridized carbons (Fsp3) is 0.344. The minimum Gasteiger partial charge on any atom is -0.507 e. The Bertz CT molecular complexity index is 1240. The average Bonchev–Trinajstić information content (AvgIpc) is 2.87. The van der Waals surface area contributed by atoms with Gasteiger partial charge in [0.05, 0.1) is 0 Å². The monoisotopic (exact) mass is 513 g/mol. The molecular formula is C32H39N3O3. The molecule has 0 aliphatic rings. The zero-order valence-corrected chi connectivity index (χ0v) is 23.3. The molecular weight excluding hydrogens is 474 g/mol. The van der Waals surface area contributed by atoms with Crippen molar-refractivity contribution in [2.75, 3.05) is 13.1 Å². The highest BCUT2D eigenvalue weighted by atomic mass is 16.3. The minimum atomic E-state index is -0.276. The van der Waals surface area contributed by atoms with E-state index in [1.54, 1.807) is 41.4 Å². The number of aromatic nitrogens is 1. The Morgan fingerprint density at radius 1 is 0.921 bits per heavy atom. The molecule has 38 heavy (non-hydrogen) atoms. The molecule has 6 heteroatoms. The van der Waals surface area contributed by atoms with E-state index in [0.29, 0.717) is 31.1 Å². The molecule has 1 heterocycles. The second-order valence-electron chi connectivity index (χ2n) is 11.5. The highest BCUT2D eigenvalue weighted by Gasteiger charge is 2.26. The molecule has 2 N–H and O–H groups in total. The van der Waals surface area contributed by atoms with Gasteiger partial charge in [-0.2, -0.15) is 0 Å². The lowest BCUT2D eigenvalue weighted by atomic mass is 9.78. The summed E-state index contributed by atoms with van der Waals surface area (Å²) >= 11 is 0. The van der Waals surface area contributed by atoms with Crippen LogP contribution in [-0.2, 0) is 22.2 Å². The molecule has 3 rings (SSSR count). The van der Waals surface area contributed by atoms with Gasteiger partial charge in [-0.3, -0.25) is 14.6 Å². The van der Waals surface area contributed by atoms with Crippen molar-refractivity contribution >= 4 is 17.9 Å². The van der Waals surface area contributed by atoms with Crippen LogP contribution in [0.1, 0.15) is 74.3 Å². The lowest BCUT2D eigenvalue weighted by molar-refractivity contribution is -0.126. The predicted molar refractivity (Wildman–Crippen MR) is 153 cm³/mol. The van der Waals surface area contributed by atoms with Gasteiger partial charge in [-0.05, 0) is 52.3 Å². The molecule has 0 spiro atoms. The first-order valence-corrected chi connectivity index (χ1v) is 12.9. The Morgan fingerprint density at radius 3 is 2.08 bits per heavy atom. The summed E-state index contributed by atoms with van der Waals surface area (Å²) in [6, 6.07) is 18.8. The smallest absolute Gasteiger partial charge is 0.269 e. The molecule has 200 valence electrons. The summed E-state index contributed by atoms with van der Waals surface area (Å²) in [5, 5.41) is 13.9. The van der Waals surface area contributed by atoms with E-state index in [1.807, 2.05) is 42.5 Å². The number of pyridine rings is 1. The van der Waals surface area contributed by atoms with Gasteiger partial charge in [0.15, 0.2) is 0 Å². The third-order valence-electron chi connectivity index (χ3n) is 6.26. The molecule has 0 saturated heterocycles. The molecule has 0 atom stereocenters. The van der Waals surface area contributed by atoms with E-state index < -0.39 is 0 Å². The van der Waals surface area contributed by atoms with Crippen LogP contribution in [0.5, 0.6) is 5.75 Å². The van der Waals surface area contributed by atoms with Gasteiger partial charge in [0.2, 0.25) is 5.91 Å². The largest absolute Gasteiger partial charge is 0.507 e. The topological polar surface area (TPSA) is 82.5 Å². The summed E-state index contributed by atoms with van der Waals surface area (Å²) in [6.07, 6.45) is 4.94. The van der Waals surface area contributed by atoms with Gasteiger partial charge in [0, 0.05) is 43.0 Å². The summed E-state index contributed by atoms with van der Waals surface area (Å²) in [6.45, 7) is 13.4. The number of benzene rings is 2. The number of carbonyl (C=O) groups is 2. The maximum atomic E-state index is 13.4. The molecule has 0 saturated carbocycles. The first kappa shape index (κ1) is 28.6. The van der Waals surface area contributed by atoms with E-state index in [-0.39, 0.29) is 22.6 Å². The zero-order valence-electron chi connectivity index (χ0n) is 23.3. The molecule has 3 aromatic rings. The van der Waals surface area contributed by atoms with Crippen LogP contribution in [0.25, 0.3) is 6.08 Å². The number of nitrogens with zero attached hydrogens (tertiary/aromatic N) is 2. The van der Waals surface area contributed by atoms with Crippen molar-refractivity contribution in [2.45, 2.75) is 58.9 Å². The summed E-state index contributed by atoms with van der Waals surface area (Å²) in [5.74, 6) is -0.131. The van der Waals surface area contributed by atoms with E-state index in [9.17, 15) is 14.7 Å². The van der Waals surface area contributed by atoms with E-state index in [2.05, 4.69) is 51.8 Å². The number of amides is 2. The number of phenolic OH excluding ortho intramolecular Hbond substituents is 1. The Hall–Kier alpha value is -3.93. The SMILES string of the molecule is CC(C)(C)c1cc(/C=C/C(=O)N(CCNC(=O)c2ccccn2)Cc2ccccc2)cc(C(C)(C)C)c1O. The third kappa shape index (κ3) is 7.78. The number of carbonyl (C=O) groups excluding carboxylic acids is 2. The average molecular weight is 514 g/mol. The van der Waals surface area contributed by atoms with Crippen LogP contribution in [0.15, 0.2) is 72.9 Å². The van der Waals surface area contributed by atoms with E-state index in [0.717, 1.165) is 22.3 Å². The molecule has 0 radical (unpaired) electrons. The predicted octanol–water partition coefficient (Wildman–Crippen LogP) is 5.85. The van der Waals surface area contributed by atoms with Crippen LogP contribution in [0.2, 0.25) is 0 Å². The van der Waals surface area contributed by atoms with Gasteiger partial charge in [-0.1, -0.05) is 77.9 Å². The van der Waals surface area contributed by atoms with Gasteiger partial charge >= 0.3 is 0 Å². The highest BCUT2D eigenvalue weighted by Crippen LogP contribution is 2.40. The Kier molecular flexibility index (Phi) is 9.10. The number of hydrogen-bond acceptors (Lipinski definition) is 4. The first-order valence-electron chi connectivity index (χ1n) is 12.9. The first-order chi connectivity index (χ1) is 17.9. The quantitative estimate of drug-likeness (QED) is 0.370. The normalized spacial score (nSPS) is 11.9. The third-order valence-corrected chi connectivity index (χ3v) is 6.26. The van der Waals surface area contributed by atoms with Crippen LogP contribution in [0.4, 0.5) is 0 Å². The van der Waals surface area contributed by atoms with Crippen molar-refractivity contribution < 1.29 is 14.7 Å². The number of rotatable bonds is 8. The zero-order chi connectivity index (χ0) is 27.9. The number of nitrogens with one attached hydrogen (secondary N) is 1. The fourth-order valence-electron chi connectivity index (χ4n) is 4.13. The molecule has 0 aliphatic carbocycles. The molecule has 0 aliphatic heterocycles. The summed E-state index contributed by atoms with van der Waals surface area (Å²) in [7, 11) is 0. The number of phenols is 1. The van der Waals surface area contributed by atoms with Crippen molar-refractivity contribution in [1.29, 1.82) is 0 Å². The van der Waals surface area contributed by atoms with Crippen molar-refractivity contribution in [2.24, 2.45) is 0 Å². The van der Waals surface area contributed by atoms with Gasteiger partial charge in [-0.25, -0.2) is 0 Å². The van der Waals surface area contributed by atoms with Gasteiger partial charge in [0.1, 0.15) is 11.4 Å². The van der Waals surface area contributed by atoms with Gasteiger partial charge in [-0.15, -0.1) is 0 Å². The summed E-state index contributed by atoms with van der Waals surface area (Å²) in [4.78, 5) is 31.6. The Labute approximate surface area is 226 Å². The van der Waals surface area contributed by atoms with E-state index >= 15 is 0 Å². The molecule has 0 bridgehead atoms. The number of aromatic hydroxyl groups is 1. The molecule has 6 nitrogen and oxygen atoms in total.